The van der Waals surface area contributed by atoms with Crippen LogP contribution in [0.1, 0.15) is 40.1 Å². The number of fused-ring (bicyclic) bond motifs is 2. The number of halogens is 1. The number of nitrogens with zero attached hydrogens (tertiary/aromatic N) is 2. The lowest BCUT2D eigenvalue weighted by Crippen LogP contribution is -2.19. The molecule has 1 aliphatic carbocycles. The van der Waals surface area contributed by atoms with Crippen molar-refractivity contribution < 1.29 is 23.5 Å². The quantitative estimate of drug-likeness (QED) is 0.270. The Bertz CT molecular complexity index is 1430. The molecular weight excluding hydrogens is 521 g/mol. The molecule has 0 saturated heterocycles. The van der Waals surface area contributed by atoms with Gasteiger partial charge in [-0.05, 0) is 49.4 Å². The minimum absolute atomic E-state index is 0.0170. The third kappa shape index (κ3) is 5.88. The number of aromatic nitrogens is 1. The second kappa shape index (κ2) is 11.9. The molecule has 0 bridgehead atoms. The van der Waals surface area contributed by atoms with E-state index in [0.29, 0.717) is 25.6 Å². The molecule has 0 saturated carbocycles. The summed E-state index contributed by atoms with van der Waals surface area (Å²) in [6.07, 6.45) is 10.3. The molecule has 1 aromatic carbocycles. The number of carbonyl (C=O) groups is 3. The molecule has 1 aliphatic rings. The highest BCUT2D eigenvalue weighted by atomic mass is 32.2. The van der Waals surface area contributed by atoms with Crippen LogP contribution in [0.25, 0.3) is 10.2 Å². The van der Waals surface area contributed by atoms with Gasteiger partial charge in [-0.1, -0.05) is 23.7 Å². The van der Waals surface area contributed by atoms with E-state index in [2.05, 4.69) is 16.2 Å². The summed E-state index contributed by atoms with van der Waals surface area (Å²) in [5, 5.41) is 3.33. The van der Waals surface area contributed by atoms with E-state index in [1.54, 1.807) is 10.6 Å². The van der Waals surface area contributed by atoms with Crippen LogP contribution < -0.4 is 10.1 Å². The minimum atomic E-state index is -0.449. The van der Waals surface area contributed by atoms with E-state index in [0.717, 1.165) is 54.3 Å². The first-order chi connectivity index (χ1) is 17.4. The lowest BCUT2D eigenvalue weighted by atomic mass is 10.1. The summed E-state index contributed by atoms with van der Waals surface area (Å²) in [6.45, 7) is 0.195. The number of aryl methyl sites for hydroxylation is 1. The predicted octanol–water partition coefficient (Wildman–Crippen LogP) is 4.39. The standard InChI is InChI=1S/C25H24FN3O4S3/c1-3-11-29-17-10-9-15(26)12-19(17)36-25(29)28-21(31)14-34-13-20(30)27-23-22(24(32)33-2)16-7-5-4-6-8-18(16)35-23/h1,9-10,12H,4-8,11,13-14H2,2H3,(H,27,30). The molecular formula is C25H24FN3O4S3. The van der Waals surface area contributed by atoms with Gasteiger partial charge in [-0.2, -0.15) is 4.99 Å². The summed E-state index contributed by atoms with van der Waals surface area (Å²) in [5.41, 5.74) is 2.13. The van der Waals surface area contributed by atoms with Gasteiger partial charge < -0.3 is 14.6 Å². The Morgan fingerprint density at radius 2 is 2.03 bits per heavy atom. The number of benzene rings is 1. The zero-order chi connectivity index (χ0) is 25.7. The number of esters is 1. The summed E-state index contributed by atoms with van der Waals surface area (Å²) in [7, 11) is 1.33. The van der Waals surface area contributed by atoms with Crippen LogP contribution in [-0.2, 0) is 33.7 Å². The first-order valence-electron chi connectivity index (χ1n) is 11.3. The van der Waals surface area contributed by atoms with Crippen molar-refractivity contribution in [2.24, 2.45) is 4.99 Å². The van der Waals surface area contributed by atoms with Gasteiger partial charge in [-0.3, -0.25) is 9.59 Å². The fraction of sp³-hybridized carbons (Fsp3) is 0.360. The molecule has 11 heteroatoms. The van der Waals surface area contributed by atoms with Gasteiger partial charge in [0.1, 0.15) is 10.8 Å². The molecule has 0 spiro atoms. The number of nitrogens with one attached hydrogen (secondary N) is 1. The number of amides is 2. The second-order valence-electron chi connectivity index (χ2n) is 8.09. The first kappa shape index (κ1) is 26.1. The third-order valence-corrected chi connectivity index (χ3v) is 8.80. The molecule has 3 aromatic rings. The fourth-order valence-corrected chi connectivity index (χ4v) is 7.02. The summed E-state index contributed by atoms with van der Waals surface area (Å²) in [4.78, 5) is 43.2. The molecule has 0 radical (unpaired) electrons. The van der Waals surface area contributed by atoms with Gasteiger partial charge in [-0.15, -0.1) is 29.5 Å². The molecule has 0 fully saturated rings. The van der Waals surface area contributed by atoms with Crippen LogP contribution in [0.3, 0.4) is 0 Å². The maximum absolute atomic E-state index is 13.6. The molecule has 36 heavy (non-hydrogen) atoms. The van der Waals surface area contributed by atoms with Gasteiger partial charge in [0, 0.05) is 4.88 Å². The van der Waals surface area contributed by atoms with Gasteiger partial charge in [-0.25, -0.2) is 9.18 Å². The van der Waals surface area contributed by atoms with E-state index in [1.165, 1.54) is 41.9 Å². The average Bonchev–Trinajstić information content (AvgIpc) is 3.25. The van der Waals surface area contributed by atoms with Gasteiger partial charge in [0.25, 0.3) is 5.91 Å². The van der Waals surface area contributed by atoms with Crippen molar-refractivity contribution in [1.29, 1.82) is 0 Å². The molecule has 2 amide bonds. The highest BCUT2D eigenvalue weighted by Gasteiger charge is 2.26. The lowest BCUT2D eigenvalue weighted by Gasteiger charge is -2.07. The normalized spacial score (nSPS) is 13.6. The lowest BCUT2D eigenvalue weighted by molar-refractivity contribution is -0.115. The van der Waals surface area contributed by atoms with E-state index in [1.807, 2.05) is 0 Å². The Balaban J connectivity index is 1.41. The van der Waals surface area contributed by atoms with Crippen LogP contribution in [0.4, 0.5) is 9.39 Å². The van der Waals surface area contributed by atoms with Gasteiger partial charge in [0.2, 0.25) is 5.91 Å². The van der Waals surface area contributed by atoms with Crippen molar-refractivity contribution in [3.05, 3.63) is 44.8 Å². The van der Waals surface area contributed by atoms with E-state index in [4.69, 9.17) is 11.2 Å². The number of thioether (sulfide) groups is 1. The first-order valence-corrected chi connectivity index (χ1v) is 14.1. The Labute approximate surface area is 219 Å². The monoisotopic (exact) mass is 545 g/mol. The van der Waals surface area contributed by atoms with Gasteiger partial charge in [0.15, 0.2) is 4.80 Å². The Morgan fingerprint density at radius 1 is 1.22 bits per heavy atom. The van der Waals surface area contributed by atoms with Crippen molar-refractivity contribution in [3.8, 4) is 12.3 Å². The molecule has 188 valence electrons. The van der Waals surface area contributed by atoms with Crippen LogP contribution in [-0.4, -0.2) is 41.0 Å². The Morgan fingerprint density at radius 3 is 2.81 bits per heavy atom. The molecule has 7 nitrogen and oxygen atoms in total. The number of ether oxygens (including phenoxy) is 1. The summed E-state index contributed by atoms with van der Waals surface area (Å²) in [6, 6.07) is 4.31. The maximum atomic E-state index is 13.6. The van der Waals surface area contributed by atoms with E-state index < -0.39 is 11.9 Å². The number of carbonyl (C=O) groups excluding carboxylic acids is 3. The number of hydrogen-bond acceptors (Lipinski definition) is 7. The van der Waals surface area contributed by atoms with Crippen LogP contribution >= 0.6 is 34.4 Å². The minimum Gasteiger partial charge on any atom is -0.465 e. The Kier molecular flexibility index (Phi) is 8.61. The number of methoxy groups -OCH3 is 1. The Hall–Kier alpha value is -2.94. The highest BCUT2D eigenvalue weighted by molar-refractivity contribution is 8.00. The number of rotatable bonds is 7. The zero-order valence-electron chi connectivity index (χ0n) is 19.6. The number of terminal acetylenes is 1. The number of thiazole rings is 1. The molecule has 4 rings (SSSR count). The number of thiophene rings is 1. The summed E-state index contributed by atoms with van der Waals surface area (Å²) < 4.78 is 20.9. The van der Waals surface area contributed by atoms with Crippen LogP contribution in [0, 0.1) is 18.2 Å². The molecule has 2 heterocycles. The molecule has 0 atom stereocenters. The number of anilines is 1. The van der Waals surface area contributed by atoms with Gasteiger partial charge in [0.05, 0.1) is 40.9 Å². The van der Waals surface area contributed by atoms with E-state index in [9.17, 15) is 18.8 Å². The van der Waals surface area contributed by atoms with Crippen molar-refractivity contribution in [1.82, 2.24) is 4.57 Å². The van der Waals surface area contributed by atoms with E-state index >= 15 is 0 Å². The zero-order valence-corrected chi connectivity index (χ0v) is 22.0. The number of hydrogen-bond donors (Lipinski definition) is 1. The third-order valence-electron chi connectivity index (χ3n) is 5.64. The van der Waals surface area contributed by atoms with Crippen molar-refractivity contribution in [2.45, 2.75) is 38.6 Å². The van der Waals surface area contributed by atoms with Crippen LogP contribution in [0.15, 0.2) is 23.2 Å². The second-order valence-corrected chi connectivity index (χ2v) is 11.2. The van der Waals surface area contributed by atoms with Gasteiger partial charge >= 0.3 is 5.97 Å². The average molecular weight is 546 g/mol. The SMILES string of the molecule is C#CCn1c(=NC(=O)CSCC(=O)Nc2sc3c(c2C(=O)OC)CCCCC3)sc2cc(F)ccc21. The van der Waals surface area contributed by atoms with Crippen molar-refractivity contribution in [2.75, 3.05) is 23.9 Å². The van der Waals surface area contributed by atoms with Crippen LogP contribution in [0.2, 0.25) is 0 Å². The fourth-order valence-electron chi connectivity index (χ4n) is 4.06. The summed E-state index contributed by atoms with van der Waals surface area (Å²) in [5.74, 6) is 0.959. The maximum Gasteiger partial charge on any atom is 0.341 e. The summed E-state index contributed by atoms with van der Waals surface area (Å²) >= 11 is 3.73. The molecule has 2 aromatic heterocycles. The smallest absolute Gasteiger partial charge is 0.341 e. The molecule has 1 N–H and O–H groups in total. The molecule has 0 unspecified atom stereocenters. The predicted molar refractivity (Wildman–Crippen MR) is 142 cm³/mol. The molecule has 0 aliphatic heterocycles. The van der Waals surface area contributed by atoms with Crippen LogP contribution in [0.5, 0.6) is 0 Å². The van der Waals surface area contributed by atoms with Crippen molar-refractivity contribution in [3.63, 3.8) is 0 Å². The van der Waals surface area contributed by atoms with Crippen molar-refractivity contribution >= 4 is 67.4 Å². The highest BCUT2D eigenvalue weighted by Crippen LogP contribution is 2.38. The largest absolute Gasteiger partial charge is 0.465 e. The van der Waals surface area contributed by atoms with E-state index in [-0.39, 0.29) is 29.8 Å². The topological polar surface area (TPSA) is 89.8 Å².